The zero-order valence-electron chi connectivity index (χ0n) is 27.9. The molecule has 4 aromatic rings. The first kappa shape index (κ1) is 33.6. The van der Waals surface area contributed by atoms with Crippen LogP contribution in [0.1, 0.15) is 64.5 Å². The highest BCUT2D eigenvalue weighted by atomic mass is 32.2. The third-order valence-electron chi connectivity index (χ3n) is 8.49. The Hall–Kier alpha value is -3.73. The molecule has 246 valence electrons. The standard InChI is InChI=1S/C36H47N5O4S/c1-7-44-32-18-13-27(25-33(32)45-8-2)19-20-37-35-30-11-9-10-12-31(30)38-34(39-35)26(3)40-21-23-41(24-22-40)46(42,43)29-16-14-28(15-17-29)36(4,5)6/h9-18,25-26H,7-8,19-24H2,1-6H3,(H,37,38,39). The van der Waals surface area contributed by atoms with Gasteiger partial charge < -0.3 is 14.8 Å². The smallest absolute Gasteiger partial charge is 0.243 e. The third kappa shape index (κ3) is 7.62. The average molecular weight is 646 g/mol. The fraction of sp³-hybridized carbons (Fsp3) is 0.444. The molecule has 1 fully saturated rings. The molecule has 5 rings (SSSR count). The maximum absolute atomic E-state index is 13.4. The van der Waals surface area contributed by atoms with Crippen LogP contribution in [0.5, 0.6) is 11.5 Å². The molecule has 1 atom stereocenters. The summed E-state index contributed by atoms with van der Waals surface area (Å²) in [5, 5.41) is 4.52. The Morgan fingerprint density at radius 3 is 2.22 bits per heavy atom. The second kappa shape index (κ2) is 14.4. The summed E-state index contributed by atoms with van der Waals surface area (Å²) in [6.45, 7) is 16.3. The summed E-state index contributed by atoms with van der Waals surface area (Å²) in [6.07, 6.45) is 0.783. The van der Waals surface area contributed by atoms with Crippen LogP contribution >= 0.6 is 0 Å². The zero-order chi connectivity index (χ0) is 32.9. The van der Waals surface area contributed by atoms with Crippen LogP contribution < -0.4 is 14.8 Å². The predicted octanol–water partition coefficient (Wildman–Crippen LogP) is 6.45. The van der Waals surface area contributed by atoms with Gasteiger partial charge in [0.1, 0.15) is 11.6 Å². The molecule has 46 heavy (non-hydrogen) atoms. The van der Waals surface area contributed by atoms with Crippen LogP contribution in [0.3, 0.4) is 0 Å². The molecule has 0 aliphatic carbocycles. The molecule has 1 aromatic heterocycles. The lowest BCUT2D eigenvalue weighted by molar-refractivity contribution is 0.141. The number of aromatic nitrogens is 2. The van der Waals surface area contributed by atoms with Crippen LogP contribution in [0.25, 0.3) is 10.9 Å². The number of hydrogen-bond acceptors (Lipinski definition) is 8. The molecular weight excluding hydrogens is 598 g/mol. The number of benzene rings is 3. The number of rotatable bonds is 12. The van der Waals surface area contributed by atoms with E-state index in [1.54, 1.807) is 16.4 Å². The summed E-state index contributed by atoms with van der Waals surface area (Å²) < 4.78 is 40.0. The van der Waals surface area contributed by atoms with Gasteiger partial charge in [-0.1, -0.05) is 51.1 Å². The first-order valence-corrected chi connectivity index (χ1v) is 17.7. The minimum Gasteiger partial charge on any atom is -0.490 e. The predicted molar refractivity (Wildman–Crippen MR) is 184 cm³/mol. The Labute approximate surface area is 274 Å². The second-order valence-electron chi connectivity index (χ2n) is 12.7. The zero-order valence-corrected chi connectivity index (χ0v) is 28.7. The molecule has 1 N–H and O–H groups in total. The van der Waals surface area contributed by atoms with Crippen LogP contribution in [-0.2, 0) is 21.9 Å². The van der Waals surface area contributed by atoms with Crippen LogP contribution in [0.2, 0.25) is 0 Å². The van der Waals surface area contributed by atoms with E-state index in [0.29, 0.717) is 50.8 Å². The van der Waals surface area contributed by atoms with Gasteiger partial charge in [-0.15, -0.1) is 0 Å². The average Bonchev–Trinajstić information content (AvgIpc) is 3.05. The number of para-hydroxylation sites is 1. The quantitative estimate of drug-likeness (QED) is 0.188. The fourth-order valence-electron chi connectivity index (χ4n) is 5.76. The minimum atomic E-state index is -3.57. The lowest BCUT2D eigenvalue weighted by Crippen LogP contribution is -2.49. The summed E-state index contributed by atoms with van der Waals surface area (Å²) in [7, 11) is -3.57. The normalized spacial score (nSPS) is 15.5. The number of fused-ring (bicyclic) bond motifs is 1. The van der Waals surface area contributed by atoms with Crippen molar-refractivity contribution in [3.05, 3.63) is 83.7 Å². The lowest BCUT2D eigenvalue weighted by atomic mass is 9.87. The van der Waals surface area contributed by atoms with E-state index < -0.39 is 10.0 Å². The Morgan fingerprint density at radius 1 is 0.870 bits per heavy atom. The summed E-state index contributed by atoms with van der Waals surface area (Å²) in [5.74, 6) is 3.03. The van der Waals surface area contributed by atoms with Gasteiger partial charge in [0.25, 0.3) is 0 Å². The van der Waals surface area contributed by atoms with E-state index in [1.807, 2.05) is 62.4 Å². The van der Waals surface area contributed by atoms with Gasteiger partial charge in [0.05, 0.1) is 29.7 Å². The Kier molecular flexibility index (Phi) is 10.5. The number of hydrogen-bond donors (Lipinski definition) is 1. The van der Waals surface area contributed by atoms with E-state index in [0.717, 1.165) is 51.6 Å². The fourth-order valence-corrected chi connectivity index (χ4v) is 7.19. The third-order valence-corrected chi connectivity index (χ3v) is 10.4. The van der Waals surface area contributed by atoms with Gasteiger partial charge in [0.2, 0.25) is 10.0 Å². The highest BCUT2D eigenvalue weighted by molar-refractivity contribution is 7.89. The highest BCUT2D eigenvalue weighted by Gasteiger charge is 2.31. The SMILES string of the molecule is CCOc1ccc(CCNc2nc(C(C)N3CCN(S(=O)(=O)c4ccc(C(C)(C)C)cc4)CC3)nc3ccccc23)cc1OCC. The monoisotopic (exact) mass is 645 g/mol. The molecule has 2 heterocycles. The Bertz CT molecular complexity index is 1730. The van der Waals surface area contributed by atoms with Crippen LogP contribution in [-0.4, -0.2) is 73.5 Å². The van der Waals surface area contributed by atoms with Gasteiger partial charge in [-0.25, -0.2) is 18.4 Å². The van der Waals surface area contributed by atoms with Gasteiger partial charge in [0, 0.05) is 38.1 Å². The van der Waals surface area contributed by atoms with E-state index in [-0.39, 0.29) is 11.5 Å². The maximum atomic E-state index is 13.4. The number of piperazine rings is 1. The van der Waals surface area contributed by atoms with Crippen molar-refractivity contribution >= 4 is 26.7 Å². The molecule has 0 bridgehead atoms. The molecule has 1 unspecified atom stereocenters. The number of nitrogens with zero attached hydrogens (tertiary/aromatic N) is 4. The second-order valence-corrected chi connectivity index (χ2v) is 14.6. The van der Waals surface area contributed by atoms with Gasteiger partial charge in [0.15, 0.2) is 11.5 Å². The molecule has 0 radical (unpaired) electrons. The van der Waals surface area contributed by atoms with Gasteiger partial charge in [-0.2, -0.15) is 4.31 Å². The molecule has 3 aromatic carbocycles. The van der Waals surface area contributed by atoms with E-state index >= 15 is 0 Å². The number of sulfonamides is 1. The van der Waals surface area contributed by atoms with Crippen molar-refractivity contribution in [1.29, 1.82) is 0 Å². The van der Waals surface area contributed by atoms with Crippen molar-refractivity contribution in [3.63, 3.8) is 0 Å². The van der Waals surface area contributed by atoms with Crippen molar-refractivity contribution in [2.45, 2.75) is 64.3 Å². The van der Waals surface area contributed by atoms with Crippen molar-refractivity contribution in [1.82, 2.24) is 19.2 Å². The lowest BCUT2D eigenvalue weighted by Gasteiger charge is -2.37. The van der Waals surface area contributed by atoms with Crippen LogP contribution in [0.4, 0.5) is 5.82 Å². The number of anilines is 1. The van der Waals surface area contributed by atoms with E-state index in [2.05, 4.69) is 44.0 Å². The molecule has 0 amide bonds. The maximum Gasteiger partial charge on any atom is 0.243 e. The molecule has 1 aliphatic heterocycles. The molecule has 0 spiro atoms. The van der Waals surface area contributed by atoms with Crippen molar-refractivity contribution in [3.8, 4) is 11.5 Å². The first-order chi connectivity index (χ1) is 22.0. The summed E-state index contributed by atoms with van der Waals surface area (Å²) in [6, 6.07) is 21.3. The molecule has 1 saturated heterocycles. The van der Waals surface area contributed by atoms with Crippen molar-refractivity contribution in [2.24, 2.45) is 0 Å². The highest BCUT2D eigenvalue weighted by Crippen LogP contribution is 2.30. The molecule has 0 saturated carbocycles. The molecular formula is C36H47N5O4S. The number of nitrogens with one attached hydrogen (secondary N) is 1. The summed E-state index contributed by atoms with van der Waals surface area (Å²) >= 11 is 0. The van der Waals surface area contributed by atoms with Crippen LogP contribution in [0, 0.1) is 0 Å². The number of ether oxygens (including phenoxy) is 2. The van der Waals surface area contributed by atoms with Gasteiger partial charge in [-0.3, -0.25) is 4.90 Å². The van der Waals surface area contributed by atoms with Crippen molar-refractivity contribution in [2.75, 3.05) is 51.3 Å². The first-order valence-electron chi connectivity index (χ1n) is 16.2. The van der Waals surface area contributed by atoms with Gasteiger partial charge >= 0.3 is 0 Å². The van der Waals surface area contributed by atoms with E-state index in [4.69, 9.17) is 19.4 Å². The molecule has 9 nitrogen and oxygen atoms in total. The molecule has 10 heteroatoms. The Balaban J connectivity index is 1.26. The largest absolute Gasteiger partial charge is 0.490 e. The molecule has 1 aliphatic rings. The summed E-state index contributed by atoms with van der Waals surface area (Å²) in [4.78, 5) is 12.5. The minimum absolute atomic E-state index is 0.0335. The van der Waals surface area contributed by atoms with Gasteiger partial charge in [-0.05, 0) is 80.1 Å². The van der Waals surface area contributed by atoms with Crippen molar-refractivity contribution < 1.29 is 17.9 Å². The Morgan fingerprint density at radius 2 is 1.54 bits per heavy atom. The van der Waals surface area contributed by atoms with E-state index in [1.165, 1.54) is 0 Å². The van der Waals surface area contributed by atoms with Crippen LogP contribution in [0.15, 0.2) is 71.6 Å². The summed E-state index contributed by atoms with van der Waals surface area (Å²) in [5.41, 5.74) is 3.10. The topological polar surface area (TPSA) is 96.9 Å². The van der Waals surface area contributed by atoms with E-state index in [9.17, 15) is 8.42 Å².